The lowest BCUT2D eigenvalue weighted by Crippen LogP contribution is -2.47. The molecule has 2 amide bonds. The average Bonchev–Trinajstić information content (AvgIpc) is 2.54. The lowest BCUT2D eigenvalue weighted by Gasteiger charge is -2.17. The van der Waals surface area contributed by atoms with Crippen molar-refractivity contribution in [2.75, 3.05) is 6.54 Å². The number of nitrogens with one attached hydrogen (secondary N) is 2. The Morgan fingerprint density at radius 3 is 2.50 bits per heavy atom. The standard InChI is InChI=1S/C15H25N3O2.C2H6/c1-4-11-7-5-6-8-12(11)18-13(19)9-17-15(20)14(16)10(2)3;1-2/h6,8,10,14H,4-5,7,9,16H2,1-3H3,(H,17,20)(H,18,19);1-2H3. The predicted octanol–water partition coefficient (Wildman–Crippen LogP) is 2.24. The molecule has 1 atom stereocenters. The van der Waals surface area contributed by atoms with E-state index in [-0.39, 0.29) is 24.3 Å². The fraction of sp³-hybridized carbons (Fsp3) is 0.647. The molecule has 4 N–H and O–H groups in total. The van der Waals surface area contributed by atoms with Crippen molar-refractivity contribution in [1.82, 2.24) is 10.6 Å². The first kappa shape index (κ1) is 20.4. The number of carbonyl (C=O) groups is 2. The van der Waals surface area contributed by atoms with Gasteiger partial charge in [0.25, 0.3) is 0 Å². The Morgan fingerprint density at radius 2 is 1.95 bits per heavy atom. The number of hydrogen-bond acceptors (Lipinski definition) is 3. The van der Waals surface area contributed by atoms with Gasteiger partial charge in [0.05, 0.1) is 12.6 Å². The first-order valence-electron chi connectivity index (χ1n) is 8.17. The molecule has 1 aliphatic rings. The fourth-order valence-electron chi connectivity index (χ4n) is 1.99. The molecule has 0 heterocycles. The Bertz CT molecular complexity index is 426. The molecule has 5 nitrogen and oxygen atoms in total. The zero-order valence-corrected chi connectivity index (χ0v) is 14.5. The van der Waals surface area contributed by atoms with E-state index in [4.69, 9.17) is 5.73 Å². The third kappa shape index (κ3) is 6.89. The molecule has 0 radical (unpaired) electrons. The summed E-state index contributed by atoms with van der Waals surface area (Å²) < 4.78 is 0. The van der Waals surface area contributed by atoms with E-state index in [1.165, 1.54) is 5.57 Å². The molecule has 0 spiro atoms. The van der Waals surface area contributed by atoms with Gasteiger partial charge in [0.1, 0.15) is 0 Å². The first-order valence-corrected chi connectivity index (χ1v) is 8.17. The van der Waals surface area contributed by atoms with E-state index >= 15 is 0 Å². The van der Waals surface area contributed by atoms with Crippen molar-refractivity contribution in [3.8, 4) is 0 Å². The van der Waals surface area contributed by atoms with Gasteiger partial charge in [-0.25, -0.2) is 0 Å². The van der Waals surface area contributed by atoms with E-state index in [0.717, 1.165) is 25.0 Å². The van der Waals surface area contributed by atoms with Crippen LogP contribution in [0.2, 0.25) is 0 Å². The lowest BCUT2D eigenvalue weighted by atomic mass is 10.00. The molecule has 1 rings (SSSR count). The average molecular weight is 309 g/mol. The summed E-state index contributed by atoms with van der Waals surface area (Å²) in [6.45, 7) is 9.77. The predicted molar refractivity (Wildman–Crippen MR) is 91.0 cm³/mol. The minimum absolute atomic E-state index is 0.0480. The van der Waals surface area contributed by atoms with Gasteiger partial charge in [-0.15, -0.1) is 0 Å². The summed E-state index contributed by atoms with van der Waals surface area (Å²) >= 11 is 0. The monoisotopic (exact) mass is 309 g/mol. The SMILES string of the molecule is CC.CCC1=C(NC(=O)CNC(=O)C(N)C(C)C)C=CCC1. The van der Waals surface area contributed by atoms with Crippen molar-refractivity contribution in [3.05, 3.63) is 23.4 Å². The van der Waals surface area contributed by atoms with Crippen LogP contribution < -0.4 is 16.4 Å². The van der Waals surface area contributed by atoms with E-state index in [2.05, 4.69) is 17.6 Å². The zero-order valence-electron chi connectivity index (χ0n) is 14.5. The van der Waals surface area contributed by atoms with Crippen LogP contribution >= 0.6 is 0 Å². The van der Waals surface area contributed by atoms with Gasteiger partial charge in [-0.05, 0) is 36.8 Å². The molecule has 0 aromatic carbocycles. The summed E-state index contributed by atoms with van der Waals surface area (Å²) in [5, 5.41) is 5.41. The quantitative estimate of drug-likeness (QED) is 0.703. The van der Waals surface area contributed by atoms with Crippen LogP contribution in [-0.2, 0) is 9.59 Å². The minimum Gasteiger partial charge on any atom is -0.346 e. The maximum Gasteiger partial charge on any atom is 0.243 e. The highest BCUT2D eigenvalue weighted by molar-refractivity contribution is 5.88. The van der Waals surface area contributed by atoms with Gasteiger partial charge in [-0.2, -0.15) is 0 Å². The normalized spacial score (nSPS) is 15.0. The molecule has 0 aliphatic heterocycles. The summed E-state index contributed by atoms with van der Waals surface area (Å²) in [5.74, 6) is -0.463. The molecule has 0 saturated carbocycles. The third-order valence-electron chi connectivity index (χ3n) is 3.42. The highest BCUT2D eigenvalue weighted by atomic mass is 16.2. The lowest BCUT2D eigenvalue weighted by molar-refractivity contribution is -0.127. The molecule has 5 heteroatoms. The van der Waals surface area contributed by atoms with Crippen LogP contribution in [0.25, 0.3) is 0 Å². The van der Waals surface area contributed by atoms with Gasteiger partial charge < -0.3 is 16.4 Å². The molecule has 22 heavy (non-hydrogen) atoms. The third-order valence-corrected chi connectivity index (χ3v) is 3.42. The summed E-state index contributed by atoms with van der Waals surface area (Å²) in [6, 6.07) is -0.581. The molecular weight excluding hydrogens is 278 g/mol. The van der Waals surface area contributed by atoms with Crippen molar-refractivity contribution in [3.63, 3.8) is 0 Å². The van der Waals surface area contributed by atoms with Crippen LogP contribution in [0.1, 0.15) is 53.9 Å². The number of amides is 2. The van der Waals surface area contributed by atoms with Crippen LogP contribution in [0.3, 0.4) is 0 Å². The second-order valence-corrected chi connectivity index (χ2v) is 5.35. The van der Waals surface area contributed by atoms with Gasteiger partial charge in [-0.3, -0.25) is 9.59 Å². The highest BCUT2D eigenvalue weighted by Gasteiger charge is 2.18. The number of rotatable bonds is 6. The van der Waals surface area contributed by atoms with Crippen molar-refractivity contribution < 1.29 is 9.59 Å². The second kappa shape index (κ2) is 11.0. The molecule has 0 fully saturated rings. The van der Waals surface area contributed by atoms with Crippen molar-refractivity contribution >= 4 is 11.8 Å². The topological polar surface area (TPSA) is 84.2 Å². The molecule has 1 aliphatic carbocycles. The molecule has 0 bridgehead atoms. The molecule has 0 aromatic heterocycles. The van der Waals surface area contributed by atoms with Gasteiger partial charge >= 0.3 is 0 Å². The van der Waals surface area contributed by atoms with Crippen LogP contribution in [0.5, 0.6) is 0 Å². The first-order chi connectivity index (χ1) is 10.5. The number of allylic oxidation sites excluding steroid dienone is 3. The summed E-state index contributed by atoms with van der Waals surface area (Å²) in [6.07, 6.45) is 6.89. The van der Waals surface area contributed by atoms with E-state index in [0.29, 0.717) is 0 Å². The van der Waals surface area contributed by atoms with Gasteiger partial charge in [0.15, 0.2) is 0 Å². The Hall–Kier alpha value is -1.62. The zero-order chi connectivity index (χ0) is 17.1. The summed E-state index contributed by atoms with van der Waals surface area (Å²) in [4.78, 5) is 23.5. The van der Waals surface area contributed by atoms with Crippen LogP contribution in [0, 0.1) is 5.92 Å². The minimum atomic E-state index is -0.581. The van der Waals surface area contributed by atoms with E-state index in [1.54, 1.807) is 0 Å². The fourth-order valence-corrected chi connectivity index (χ4v) is 1.99. The van der Waals surface area contributed by atoms with E-state index in [1.807, 2.05) is 39.8 Å². The van der Waals surface area contributed by atoms with Gasteiger partial charge in [-0.1, -0.05) is 40.7 Å². The molecule has 0 saturated heterocycles. The van der Waals surface area contributed by atoms with E-state index < -0.39 is 6.04 Å². The summed E-state index contributed by atoms with van der Waals surface area (Å²) in [5.41, 5.74) is 7.82. The smallest absolute Gasteiger partial charge is 0.243 e. The molecular formula is C17H31N3O2. The van der Waals surface area contributed by atoms with Crippen LogP contribution in [-0.4, -0.2) is 24.4 Å². The maximum atomic E-state index is 11.8. The maximum absolute atomic E-state index is 11.8. The summed E-state index contributed by atoms with van der Waals surface area (Å²) in [7, 11) is 0. The van der Waals surface area contributed by atoms with E-state index in [9.17, 15) is 9.59 Å². The van der Waals surface area contributed by atoms with Crippen LogP contribution in [0.15, 0.2) is 23.4 Å². The van der Waals surface area contributed by atoms with Gasteiger partial charge in [0, 0.05) is 5.70 Å². The van der Waals surface area contributed by atoms with Crippen molar-refractivity contribution in [2.24, 2.45) is 11.7 Å². The number of hydrogen-bond donors (Lipinski definition) is 3. The molecule has 126 valence electrons. The Kier molecular flexibility index (Phi) is 10.2. The Labute approximate surface area is 134 Å². The van der Waals surface area contributed by atoms with Crippen molar-refractivity contribution in [2.45, 2.75) is 59.9 Å². The molecule has 0 aromatic rings. The Balaban J connectivity index is 0.00000211. The highest BCUT2D eigenvalue weighted by Crippen LogP contribution is 2.19. The van der Waals surface area contributed by atoms with Crippen LogP contribution in [0.4, 0.5) is 0 Å². The molecule has 1 unspecified atom stereocenters. The largest absolute Gasteiger partial charge is 0.346 e. The van der Waals surface area contributed by atoms with Crippen molar-refractivity contribution in [1.29, 1.82) is 0 Å². The second-order valence-electron chi connectivity index (χ2n) is 5.35. The number of carbonyl (C=O) groups excluding carboxylic acids is 2. The number of nitrogens with two attached hydrogens (primary N) is 1. The Morgan fingerprint density at radius 1 is 1.32 bits per heavy atom. The van der Waals surface area contributed by atoms with Gasteiger partial charge in [0.2, 0.25) is 11.8 Å².